The number of hydrogen-bond donors (Lipinski definition) is 0. The molecule has 3 atom stereocenters. The van der Waals surface area contributed by atoms with Crippen LogP contribution in [-0.2, 0) is 23.0 Å². The second-order valence-electron chi connectivity index (χ2n) is 7.54. The number of carbonyl (C=O) groups is 1. The van der Waals surface area contributed by atoms with Crippen molar-refractivity contribution < 1.29 is 14.3 Å². The van der Waals surface area contributed by atoms with Crippen LogP contribution < -0.4 is 4.74 Å². The second-order valence-corrected chi connectivity index (χ2v) is 7.54. The van der Waals surface area contributed by atoms with Crippen LogP contribution in [-0.4, -0.2) is 22.6 Å². The highest BCUT2D eigenvalue weighted by molar-refractivity contribution is 5.78. The molecule has 0 spiro atoms. The maximum absolute atomic E-state index is 12.9. The molecule has 1 heterocycles. The van der Waals surface area contributed by atoms with Crippen LogP contribution in [0.5, 0.6) is 5.75 Å². The zero-order valence-electron chi connectivity index (χ0n) is 16.8. The molecular formula is C24H26N2O3. The third-order valence-corrected chi connectivity index (χ3v) is 5.57. The van der Waals surface area contributed by atoms with Crippen LogP contribution >= 0.6 is 0 Å². The minimum atomic E-state index is -0.360. The number of aromatic nitrogens is 2. The Morgan fingerprint density at radius 1 is 1.17 bits per heavy atom. The lowest BCUT2D eigenvalue weighted by Gasteiger charge is -2.18. The molecule has 5 heteroatoms. The number of nitrogens with zero attached hydrogens (tertiary/aromatic N) is 2. The zero-order valence-corrected chi connectivity index (χ0v) is 16.8. The third-order valence-electron chi connectivity index (χ3n) is 5.57. The summed E-state index contributed by atoms with van der Waals surface area (Å²) in [5.41, 5.74) is 2.30. The standard InChI is InChI=1S/C24H26N2O3/c1-26-15-14-25-23(26)22(13-12-17-8-4-3-5-9-17)29-24(27)20-16-19(20)18-10-6-7-11-21(18)28-2/h3-11,14-15,19-20,22H,12-13,16H2,1-2H3/t19-,20+,22+/m0/s1. The maximum Gasteiger partial charge on any atom is 0.310 e. The van der Waals surface area contributed by atoms with Gasteiger partial charge >= 0.3 is 5.97 Å². The molecule has 0 N–H and O–H groups in total. The van der Waals surface area contributed by atoms with Gasteiger partial charge in [-0.1, -0.05) is 48.5 Å². The summed E-state index contributed by atoms with van der Waals surface area (Å²) in [5.74, 6) is 1.50. The van der Waals surface area contributed by atoms with Gasteiger partial charge in [-0.05, 0) is 36.5 Å². The summed E-state index contributed by atoms with van der Waals surface area (Å²) >= 11 is 0. The van der Waals surface area contributed by atoms with Crippen LogP contribution in [0.15, 0.2) is 67.0 Å². The Bertz CT molecular complexity index is 967. The van der Waals surface area contributed by atoms with E-state index < -0.39 is 0 Å². The van der Waals surface area contributed by atoms with Crippen LogP contribution in [0.25, 0.3) is 0 Å². The fourth-order valence-electron chi connectivity index (χ4n) is 3.87. The average Bonchev–Trinajstić information content (AvgIpc) is 3.45. The van der Waals surface area contributed by atoms with Crippen molar-refractivity contribution in [1.29, 1.82) is 0 Å². The van der Waals surface area contributed by atoms with Gasteiger partial charge in [0.1, 0.15) is 11.6 Å². The second kappa shape index (κ2) is 8.52. The van der Waals surface area contributed by atoms with Crippen molar-refractivity contribution in [3.8, 4) is 5.75 Å². The van der Waals surface area contributed by atoms with Crippen LogP contribution in [0.3, 0.4) is 0 Å². The first-order chi connectivity index (χ1) is 14.2. The lowest BCUT2D eigenvalue weighted by atomic mass is 10.1. The number of ether oxygens (including phenoxy) is 2. The fraction of sp³-hybridized carbons (Fsp3) is 0.333. The first-order valence-electron chi connectivity index (χ1n) is 10.0. The molecule has 0 bridgehead atoms. The number of aryl methyl sites for hydroxylation is 2. The molecule has 1 saturated carbocycles. The summed E-state index contributed by atoms with van der Waals surface area (Å²) in [6.07, 6.45) is 5.59. The van der Waals surface area contributed by atoms with Gasteiger partial charge in [-0.25, -0.2) is 4.98 Å². The average molecular weight is 390 g/mol. The van der Waals surface area contributed by atoms with Crippen molar-refractivity contribution in [2.45, 2.75) is 31.3 Å². The molecule has 4 rings (SSSR count). The maximum atomic E-state index is 12.9. The molecule has 1 aromatic heterocycles. The van der Waals surface area contributed by atoms with E-state index in [1.54, 1.807) is 13.3 Å². The van der Waals surface area contributed by atoms with E-state index >= 15 is 0 Å². The van der Waals surface area contributed by atoms with Crippen molar-refractivity contribution in [2.75, 3.05) is 7.11 Å². The highest BCUT2D eigenvalue weighted by Gasteiger charge is 2.47. The van der Waals surface area contributed by atoms with Crippen LogP contribution in [0.1, 0.15) is 41.8 Å². The Kier molecular flexibility index (Phi) is 5.65. The van der Waals surface area contributed by atoms with E-state index in [-0.39, 0.29) is 23.9 Å². The topological polar surface area (TPSA) is 53.4 Å². The number of esters is 1. The molecule has 3 aromatic rings. The van der Waals surface area contributed by atoms with Gasteiger partial charge in [-0.3, -0.25) is 4.79 Å². The van der Waals surface area contributed by atoms with Crippen LogP contribution in [0.4, 0.5) is 0 Å². The quantitative estimate of drug-likeness (QED) is 0.533. The van der Waals surface area contributed by atoms with E-state index in [1.165, 1.54) is 5.56 Å². The summed E-state index contributed by atoms with van der Waals surface area (Å²) in [7, 11) is 3.59. The zero-order chi connectivity index (χ0) is 20.2. The summed E-state index contributed by atoms with van der Waals surface area (Å²) < 4.78 is 13.4. The molecular weight excluding hydrogens is 364 g/mol. The molecule has 1 fully saturated rings. The fourth-order valence-corrected chi connectivity index (χ4v) is 3.87. The van der Waals surface area contributed by atoms with Gasteiger partial charge in [-0.15, -0.1) is 0 Å². The van der Waals surface area contributed by atoms with Crippen molar-refractivity contribution in [3.63, 3.8) is 0 Å². The Balaban J connectivity index is 1.45. The summed E-state index contributed by atoms with van der Waals surface area (Å²) in [6.45, 7) is 0. The van der Waals surface area contributed by atoms with E-state index in [0.29, 0.717) is 6.42 Å². The van der Waals surface area contributed by atoms with Gasteiger partial charge in [-0.2, -0.15) is 0 Å². The molecule has 5 nitrogen and oxygen atoms in total. The van der Waals surface area contributed by atoms with Crippen LogP contribution in [0, 0.1) is 5.92 Å². The summed E-state index contributed by atoms with van der Waals surface area (Å²) in [4.78, 5) is 17.3. The smallest absolute Gasteiger partial charge is 0.310 e. The number of rotatable bonds is 8. The molecule has 0 aliphatic heterocycles. The number of imidazole rings is 1. The highest BCUT2D eigenvalue weighted by Crippen LogP contribution is 2.51. The molecule has 2 aromatic carbocycles. The number of hydrogen-bond acceptors (Lipinski definition) is 4. The van der Waals surface area contributed by atoms with Crippen LogP contribution in [0.2, 0.25) is 0 Å². The molecule has 0 radical (unpaired) electrons. The predicted molar refractivity (Wildman–Crippen MR) is 111 cm³/mol. The number of methoxy groups -OCH3 is 1. The first-order valence-corrected chi connectivity index (χ1v) is 10.0. The first kappa shape index (κ1) is 19.2. The molecule has 0 amide bonds. The summed E-state index contributed by atoms with van der Waals surface area (Å²) in [5, 5.41) is 0. The van der Waals surface area contributed by atoms with Crippen molar-refractivity contribution >= 4 is 5.97 Å². The highest BCUT2D eigenvalue weighted by atomic mass is 16.5. The normalized spacial score (nSPS) is 18.8. The lowest BCUT2D eigenvalue weighted by Crippen LogP contribution is -2.17. The minimum Gasteiger partial charge on any atom is -0.496 e. The molecule has 1 aliphatic rings. The Morgan fingerprint density at radius 3 is 2.66 bits per heavy atom. The number of benzene rings is 2. The molecule has 0 unspecified atom stereocenters. The van der Waals surface area contributed by atoms with Gasteiger partial charge in [0.2, 0.25) is 0 Å². The predicted octanol–water partition coefficient (Wildman–Crippen LogP) is 4.45. The largest absolute Gasteiger partial charge is 0.496 e. The monoisotopic (exact) mass is 390 g/mol. The van der Waals surface area contributed by atoms with Crippen molar-refractivity contribution in [2.24, 2.45) is 13.0 Å². The lowest BCUT2D eigenvalue weighted by molar-refractivity contribution is -0.152. The molecule has 29 heavy (non-hydrogen) atoms. The van der Waals surface area contributed by atoms with E-state index in [4.69, 9.17) is 9.47 Å². The Morgan fingerprint density at radius 2 is 1.93 bits per heavy atom. The molecule has 0 saturated heterocycles. The van der Waals surface area contributed by atoms with E-state index in [1.807, 2.05) is 60.3 Å². The van der Waals surface area contributed by atoms with Gasteiger partial charge in [0.15, 0.2) is 6.10 Å². The number of para-hydroxylation sites is 1. The van der Waals surface area contributed by atoms with Crippen molar-refractivity contribution in [3.05, 3.63) is 83.9 Å². The Labute approximate surface area is 171 Å². The SMILES string of the molecule is COc1ccccc1[C@@H]1C[C@H]1C(=O)O[C@H](CCc1ccccc1)c1nccn1C. The summed E-state index contributed by atoms with van der Waals surface area (Å²) in [6, 6.07) is 18.1. The van der Waals surface area contributed by atoms with Gasteiger partial charge < -0.3 is 14.0 Å². The van der Waals surface area contributed by atoms with E-state index in [0.717, 1.165) is 30.0 Å². The van der Waals surface area contributed by atoms with E-state index in [2.05, 4.69) is 17.1 Å². The van der Waals surface area contributed by atoms with Gasteiger partial charge in [0.05, 0.1) is 13.0 Å². The van der Waals surface area contributed by atoms with Gasteiger partial charge in [0.25, 0.3) is 0 Å². The number of carbonyl (C=O) groups excluding carboxylic acids is 1. The molecule has 150 valence electrons. The van der Waals surface area contributed by atoms with E-state index in [9.17, 15) is 4.79 Å². The minimum absolute atomic E-state index is 0.120. The van der Waals surface area contributed by atoms with Crippen molar-refractivity contribution in [1.82, 2.24) is 9.55 Å². The Hall–Kier alpha value is -3.08. The van der Waals surface area contributed by atoms with Gasteiger partial charge in [0, 0.05) is 25.4 Å². The third kappa shape index (κ3) is 4.34. The molecule has 1 aliphatic carbocycles.